The van der Waals surface area contributed by atoms with Gasteiger partial charge in [0.05, 0.1) is 31.0 Å². The van der Waals surface area contributed by atoms with Gasteiger partial charge in [-0.05, 0) is 19.1 Å². The molecule has 0 bridgehead atoms. The van der Waals surface area contributed by atoms with Crippen LogP contribution in [0.1, 0.15) is 24.2 Å². The summed E-state index contributed by atoms with van der Waals surface area (Å²) in [6, 6.07) is 7.44. The van der Waals surface area contributed by atoms with E-state index in [2.05, 4.69) is 11.0 Å². The number of aliphatic hydroxyl groups is 1. The average Bonchev–Trinajstić information content (AvgIpc) is 2.46. The third-order valence-corrected chi connectivity index (χ3v) is 3.08. The molecule has 1 atom stereocenters. The minimum absolute atomic E-state index is 0.569. The number of ether oxygens (including phenoxy) is 2. The van der Waals surface area contributed by atoms with Gasteiger partial charge in [-0.2, -0.15) is 5.26 Å². The molecule has 0 fully saturated rings. The fourth-order valence-corrected chi connectivity index (χ4v) is 2.00. The molecule has 0 aliphatic heterocycles. The van der Waals surface area contributed by atoms with Crippen molar-refractivity contribution in [3.63, 3.8) is 0 Å². The van der Waals surface area contributed by atoms with E-state index in [1.807, 2.05) is 0 Å². The largest absolute Gasteiger partial charge is 0.389 e. The maximum Gasteiger partial charge on any atom is 0.0992 e. The van der Waals surface area contributed by atoms with Gasteiger partial charge in [0.2, 0.25) is 0 Å². The first-order chi connectivity index (χ1) is 9.63. The van der Waals surface area contributed by atoms with Crippen LogP contribution in [-0.2, 0) is 9.47 Å². The Morgan fingerprint density at radius 3 is 2.30 bits per heavy atom. The minimum Gasteiger partial charge on any atom is -0.389 e. The van der Waals surface area contributed by atoms with Gasteiger partial charge in [0.15, 0.2) is 0 Å². The Labute approximate surface area is 120 Å². The van der Waals surface area contributed by atoms with Crippen molar-refractivity contribution in [3.05, 3.63) is 29.3 Å². The number of hydrogen-bond donors (Lipinski definition) is 1. The molecular formula is C15H22N2O3. The summed E-state index contributed by atoms with van der Waals surface area (Å²) in [6.45, 7) is 4.21. The number of rotatable bonds is 8. The van der Waals surface area contributed by atoms with Crippen molar-refractivity contribution >= 4 is 5.69 Å². The predicted octanol–water partition coefficient (Wildman–Crippen LogP) is 1.71. The summed E-state index contributed by atoms with van der Waals surface area (Å²) in [5.41, 5.74) is 2.23. The van der Waals surface area contributed by atoms with Gasteiger partial charge in [-0.1, -0.05) is 6.07 Å². The summed E-state index contributed by atoms with van der Waals surface area (Å²) in [5.74, 6) is 0. The first kappa shape index (κ1) is 16.4. The summed E-state index contributed by atoms with van der Waals surface area (Å²) < 4.78 is 10.2. The van der Waals surface area contributed by atoms with Gasteiger partial charge in [0.25, 0.3) is 0 Å². The fraction of sp³-hybridized carbons (Fsp3) is 0.533. The highest BCUT2D eigenvalue weighted by atomic mass is 16.5. The van der Waals surface area contributed by atoms with E-state index in [1.165, 1.54) is 0 Å². The molecule has 0 spiro atoms. The Bertz CT molecular complexity index is 447. The second-order valence-corrected chi connectivity index (χ2v) is 4.53. The Morgan fingerprint density at radius 2 is 1.85 bits per heavy atom. The van der Waals surface area contributed by atoms with E-state index in [4.69, 9.17) is 14.7 Å². The maximum absolute atomic E-state index is 9.90. The van der Waals surface area contributed by atoms with Crippen LogP contribution in [0, 0.1) is 11.3 Å². The molecule has 20 heavy (non-hydrogen) atoms. The van der Waals surface area contributed by atoms with Crippen LogP contribution in [0.15, 0.2) is 18.2 Å². The van der Waals surface area contributed by atoms with Crippen LogP contribution in [0.5, 0.6) is 0 Å². The topological polar surface area (TPSA) is 65.7 Å². The highest BCUT2D eigenvalue weighted by molar-refractivity contribution is 5.58. The molecule has 0 unspecified atom stereocenters. The van der Waals surface area contributed by atoms with E-state index >= 15 is 0 Å². The molecule has 0 saturated heterocycles. The lowest BCUT2D eigenvalue weighted by atomic mass is 10.0. The van der Waals surface area contributed by atoms with Gasteiger partial charge in [-0.25, -0.2) is 0 Å². The zero-order valence-corrected chi connectivity index (χ0v) is 12.3. The molecule has 0 saturated carbocycles. The lowest BCUT2D eigenvalue weighted by molar-refractivity contribution is 0.187. The number of nitriles is 1. The SMILES string of the molecule is COCCN(CCOC)c1cc(C#N)ccc1[C@H](C)O. The van der Waals surface area contributed by atoms with Crippen LogP contribution < -0.4 is 4.90 Å². The third-order valence-electron chi connectivity index (χ3n) is 3.08. The molecule has 1 aromatic carbocycles. The zero-order chi connectivity index (χ0) is 15.0. The summed E-state index contributed by atoms with van der Waals surface area (Å²) in [7, 11) is 3.30. The van der Waals surface area contributed by atoms with Gasteiger partial charge in [-0.15, -0.1) is 0 Å². The maximum atomic E-state index is 9.90. The van der Waals surface area contributed by atoms with E-state index in [0.29, 0.717) is 31.9 Å². The highest BCUT2D eigenvalue weighted by Gasteiger charge is 2.15. The zero-order valence-electron chi connectivity index (χ0n) is 12.3. The van der Waals surface area contributed by atoms with Crippen molar-refractivity contribution in [3.8, 4) is 6.07 Å². The predicted molar refractivity (Wildman–Crippen MR) is 77.8 cm³/mol. The Kier molecular flexibility index (Phi) is 7.02. The summed E-state index contributed by atoms with van der Waals surface area (Å²) in [4.78, 5) is 2.07. The monoisotopic (exact) mass is 278 g/mol. The lowest BCUT2D eigenvalue weighted by Crippen LogP contribution is -2.31. The number of hydrogen-bond acceptors (Lipinski definition) is 5. The second kappa shape index (κ2) is 8.54. The third kappa shape index (κ3) is 4.49. The molecule has 1 N–H and O–H groups in total. The molecule has 0 aliphatic rings. The van der Waals surface area contributed by atoms with E-state index in [1.54, 1.807) is 39.3 Å². The molecule has 1 rings (SSSR count). The van der Waals surface area contributed by atoms with Crippen molar-refractivity contribution in [2.45, 2.75) is 13.0 Å². The van der Waals surface area contributed by atoms with Crippen molar-refractivity contribution in [2.24, 2.45) is 0 Å². The molecular weight excluding hydrogens is 256 g/mol. The van der Waals surface area contributed by atoms with Crippen molar-refractivity contribution in [1.82, 2.24) is 0 Å². The van der Waals surface area contributed by atoms with E-state index < -0.39 is 6.10 Å². The van der Waals surface area contributed by atoms with Crippen molar-refractivity contribution < 1.29 is 14.6 Å². The van der Waals surface area contributed by atoms with E-state index in [-0.39, 0.29) is 0 Å². The molecule has 0 aliphatic carbocycles. The van der Waals surface area contributed by atoms with Gasteiger partial charge in [-0.3, -0.25) is 0 Å². The molecule has 1 aromatic rings. The first-order valence-corrected chi connectivity index (χ1v) is 6.59. The van der Waals surface area contributed by atoms with Gasteiger partial charge >= 0.3 is 0 Å². The van der Waals surface area contributed by atoms with Crippen LogP contribution in [0.3, 0.4) is 0 Å². The van der Waals surface area contributed by atoms with Crippen LogP contribution in [0.25, 0.3) is 0 Å². The van der Waals surface area contributed by atoms with Crippen LogP contribution in [0.2, 0.25) is 0 Å². The van der Waals surface area contributed by atoms with Crippen molar-refractivity contribution in [2.75, 3.05) is 45.4 Å². The number of anilines is 1. The van der Waals surface area contributed by atoms with Gasteiger partial charge in [0.1, 0.15) is 0 Å². The van der Waals surface area contributed by atoms with Crippen LogP contribution >= 0.6 is 0 Å². The molecule has 5 nitrogen and oxygen atoms in total. The molecule has 0 heterocycles. The molecule has 0 radical (unpaired) electrons. The Balaban J connectivity index is 3.10. The average molecular weight is 278 g/mol. The quantitative estimate of drug-likeness (QED) is 0.784. The molecule has 5 heteroatoms. The standard InChI is InChI=1S/C15H22N2O3/c1-12(18)14-5-4-13(11-16)10-15(14)17(6-8-19-2)7-9-20-3/h4-5,10,12,18H,6-9H2,1-3H3/t12-/m0/s1. The van der Waals surface area contributed by atoms with Gasteiger partial charge in [0, 0.05) is 38.6 Å². The lowest BCUT2D eigenvalue weighted by Gasteiger charge is -2.27. The molecule has 110 valence electrons. The van der Waals surface area contributed by atoms with Gasteiger partial charge < -0.3 is 19.5 Å². The van der Waals surface area contributed by atoms with E-state index in [0.717, 1.165) is 11.3 Å². The Hall–Kier alpha value is -1.61. The number of benzene rings is 1. The van der Waals surface area contributed by atoms with Crippen LogP contribution in [-0.4, -0.2) is 45.6 Å². The Morgan fingerprint density at radius 1 is 1.25 bits per heavy atom. The second-order valence-electron chi connectivity index (χ2n) is 4.53. The first-order valence-electron chi connectivity index (χ1n) is 6.59. The number of methoxy groups -OCH3 is 2. The summed E-state index contributed by atoms with van der Waals surface area (Å²) in [5, 5.41) is 18.9. The highest BCUT2D eigenvalue weighted by Crippen LogP contribution is 2.27. The number of nitrogens with zero attached hydrogens (tertiary/aromatic N) is 2. The molecule has 0 amide bonds. The summed E-state index contributed by atoms with van der Waals surface area (Å²) >= 11 is 0. The fourth-order valence-electron chi connectivity index (χ4n) is 2.00. The summed E-state index contributed by atoms with van der Waals surface area (Å²) in [6.07, 6.45) is -0.592. The smallest absolute Gasteiger partial charge is 0.0992 e. The minimum atomic E-state index is -0.592. The van der Waals surface area contributed by atoms with E-state index in [9.17, 15) is 5.11 Å². The number of aliphatic hydroxyl groups excluding tert-OH is 1. The van der Waals surface area contributed by atoms with Crippen molar-refractivity contribution in [1.29, 1.82) is 5.26 Å². The molecule has 0 aromatic heterocycles. The normalized spacial score (nSPS) is 11.9. The van der Waals surface area contributed by atoms with Crippen LogP contribution in [0.4, 0.5) is 5.69 Å².